The lowest BCUT2D eigenvalue weighted by atomic mass is 9.92. The Morgan fingerprint density at radius 3 is 2.60 bits per heavy atom. The molecule has 0 aromatic heterocycles. The lowest BCUT2D eigenvalue weighted by Crippen LogP contribution is -2.57. The molecule has 0 spiro atoms. The number of amides is 2. The number of benzene rings is 2. The molecule has 6 rings (SSSR count). The van der Waals surface area contributed by atoms with E-state index < -0.39 is 6.10 Å². The van der Waals surface area contributed by atoms with E-state index in [1.54, 1.807) is 18.2 Å². The zero-order valence-corrected chi connectivity index (χ0v) is 26.7. The number of likely N-dealkylation sites (N-methyl/N-ethyl adjacent to an activating group) is 1. The van der Waals surface area contributed by atoms with Gasteiger partial charge in [0.1, 0.15) is 18.1 Å². The maximum atomic E-state index is 13.5. The number of ether oxygens (including phenoxy) is 3. The first-order valence-electron chi connectivity index (χ1n) is 16.4. The van der Waals surface area contributed by atoms with Gasteiger partial charge in [0.15, 0.2) is 0 Å². The summed E-state index contributed by atoms with van der Waals surface area (Å²) in [6.45, 7) is 5.72. The highest BCUT2D eigenvalue weighted by atomic mass is 16.5. The summed E-state index contributed by atoms with van der Waals surface area (Å²) in [4.78, 5) is 28.7. The van der Waals surface area contributed by atoms with Gasteiger partial charge in [-0.25, -0.2) is 10.0 Å². The molecule has 3 saturated heterocycles. The molecule has 4 heterocycles. The van der Waals surface area contributed by atoms with Crippen molar-refractivity contribution in [1.82, 2.24) is 25.6 Å². The fraction of sp³-hybridized carbons (Fsp3) is 0.588. The number of morpholine rings is 1. The molecule has 3 unspecified atom stereocenters. The van der Waals surface area contributed by atoms with Crippen LogP contribution in [0.4, 0.5) is 0 Å². The molecule has 2 aromatic carbocycles. The van der Waals surface area contributed by atoms with Gasteiger partial charge in [-0.2, -0.15) is 0 Å². The molecule has 4 aliphatic heterocycles. The molecule has 2 amide bonds. The number of hydrogen-bond acceptors (Lipinski definition) is 9. The van der Waals surface area contributed by atoms with Crippen molar-refractivity contribution in [3.8, 4) is 11.5 Å². The minimum atomic E-state index is -0.787. The van der Waals surface area contributed by atoms with Crippen molar-refractivity contribution in [3.63, 3.8) is 0 Å². The number of hydrazine groups is 1. The monoisotopic (exact) mass is 621 g/mol. The standard InChI is InChI=1S/C34H47N5O6/c1-4-44-32-16-23(34(42)39-26-6-5-7-27(39)20-43-19-26)9-11-29(32)33(41)36-18-31(40)30-15-22-8-10-28(14-24(22)17-35-30)45-21-25-12-13-37(2)38(25)3/h8-11,14,16,25-27,30-31,35,40H,4-7,12-13,15,17-21H2,1-3H3,(H,36,41)/t25?,26?,27?,30-,31+/m0/s1. The Kier molecular flexibility index (Phi) is 9.91. The van der Waals surface area contributed by atoms with Crippen LogP contribution in [-0.4, -0.2) is 116 Å². The van der Waals surface area contributed by atoms with Gasteiger partial charge in [-0.15, -0.1) is 0 Å². The fourth-order valence-corrected chi connectivity index (χ4v) is 7.09. The molecule has 3 fully saturated rings. The topological polar surface area (TPSA) is 116 Å². The van der Waals surface area contributed by atoms with Gasteiger partial charge in [0.2, 0.25) is 0 Å². The lowest BCUT2D eigenvalue weighted by molar-refractivity contribution is -0.0566. The molecule has 3 N–H and O–H groups in total. The Balaban J connectivity index is 1.03. The van der Waals surface area contributed by atoms with Gasteiger partial charge in [-0.1, -0.05) is 6.07 Å². The normalized spacial score (nSPS) is 25.8. The first kappa shape index (κ1) is 31.7. The van der Waals surface area contributed by atoms with E-state index in [4.69, 9.17) is 14.2 Å². The van der Waals surface area contributed by atoms with Crippen LogP contribution in [0.3, 0.4) is 0 Å². The van der Waals surface area contributed by atoms with E-state index in [9.17, 15) is 14.7 Å². The molecular formula is C34H47N5O6. The minimum absolute atomic E-state index is 0.0482. The van der Waals surface area contributed by atoms with Gasteiger partial charge >= 0.3 is 0 Å². The summed E-state index contributed by atoms with van der Waals surface area (Å²) in [5.74, 6) is 0.822. The van der Waals surface area contributed by atoms with Crippen molar-refractivity contribution in [2.45, 2.75) is 75.8 Å². The molecule has 2 aromatic rings. The van der Waals surface area contributed by atoms with Crippen molar-refractivity contribution in [1.29, 1.82) is 0 Å². The van der Waals surface area contributed by atoms with Crippen LogP contribution in [0, 0.1) is 0 Å². The smallest absolute Gasteiger partial charge is 0.255 e. The SMILES string of the molecule is CCOc1cc(C(=O)N2C3CCCC2COC3)ccc1C(=O)NC[C@@H](O)[C@@H]1Cc2ccc(OCC3CCN(C)N3C)cc2CN1. The Hall–Kier alpha value is -3.22. The number of rotatable bonds is 10. The zero-order chi connectivity index (χ0) is 31.5. The van der Waals surface area contributed by atoms with Crippen LogP contribution >= 0.6 is 0 Å². The van der Waals surface area contributed by atoms with Gasteiger partial charge in [0, 0.05) is 45.3 Å². The van der Waals surface area contributed by atoms with Crippen molar-refractivity contribution >= 4 is 11.8 Å². The van der Waals surface area contributed by atoms with Crippen LogP contribution in [0.1, 0.15) is 64.4 Å². The lowest BCUT2D eigenvalue weighted by Gasteiger charge is -2.45. The van der Waals surface area contributed by atoms with Crippen LogP contribution < -0.4 is 20.1 Å². The van der Waals surface area contributed by atoms with E-state index >= 15 is 0 Å². The first-order chi connectivity index (χ1) is 21.8. The third kappa shape index (κ3) is 6.97. The summed E-state index contributed by atoms with van der Waals surface area (Å²) in [5.41, 5.74) is 3.17. The van der Waals surface area contributed by atoms with Gasteiger partial charge in [-0.05, 0) is 80.5 Å². The number of nitrogens with zero attached hydrogens (tertiary/aromatic N) is 3. The van der Waals surface area contributed by atoms with Gasteiger partial charge in [-0.3, -0.25) is 9.59 Å². The van der Waals surface area contributed by atoms with Crippen LogP contribution in [-0.2, 0) is 17.7 Å². The molecule has 0 radical (unpaired) electrons. The molecule has 5 atom stereocenters. The van der Waals surface area contributed by atoms with E-state index in [2.05, 4.69) is 46.9 Å². The second-order valence-electron chi connectivity index (χ2n) is 12.7. The highest BCUT2D eigenvalue weighted by molar-refractivity contribution is 6.00. The highest BCUT2D eigenvalue weighted by Crippen LogP contribution is 2.31. The predicted molar refractivity (Wildman–Crippen MR) is 169 cm³/mol. The number of hydrogen-bond donors (Lipinski definition) is 3. The van der Waals surface area contributed by atoms with E-state index in [-0.39, 0.29) is 36.5 Å². The molecule has 0 aliphatic carbocycles. The van der Waals surface area contributed by atoms with Crippen molar-refractivity contribution in [2.75, 3.05) is 53.6 Å². The van der Waals surface area contributed by atoms with Crippen LogP contribution in [0.2, 0.25) is 0 Å². The molecule has 11 heteroatoms. The third-order valence-corrected chi connectivity index (χ3v) is 9.89. The largest absolute Gasteiger partial charge is 0.493 e. The molecular weight excluding hydrogens is 574 g/mol. The Morgan fingerprint density at radius 2 is 1.87 bits per heavy atom. The molecule has 45 heavy (non-hydrogen) atoms. The molecule has 244 valence electrons. The Morgan fingerprint density at radius 1 is 1.07 bits per heavy atom. The van der Waals surface area contributed by atoms with E-state index in [1.165, 1.54) is 0 Å². The number of carbonyl (C=O) groups is 2. The quantitative estimate of drug-likeness (QED) is 0.367. The van der Waals surface area contributed by atoms with Crippen LogP contribution in [0.25, 0.3) is 0 Å². The van der Waals surface area contributed by atoms with Gasteiger partial charge in [0.05, 0.1) is 49.6 Å². The Labute approximate surface area is 265 Å². The summed E-state index contributed by atoms with van der Waals surface area (Å²) >= 11 is 0. The summed E-state index contributed by atoms with van der Waals surface area (Å²) in [6, 6.07) is 11.5. The number of aliphatic hydroxyl groups excluding tert-OH is 1. The highest BCUT2D eigenvalue weighted by Gasteiger charge is 2.38. The van der Waals surface area contributed by atoms with Crippen molar-refractivity contribution in [3.05, 3.63) is 58.7 Å². The molecule has 2 bridgehead atoms. The van der Waals surface area contributed by atoms with Crippen LogP contribution in [0.15, 0.2) is 36.4 Å². The van der Waals surface area contributed by atoms with Crippen molar-refractivity contribution < 1.29 is 28.9 Å². The fourth-order valence-electron chi connectivity index (χ4n) is 7.09. The number of aliphatic hydroxyl groups is 1. The Bertz CT molecular complexity index is 1350. The number of carbonyl (C=O) groups excluding carboxylic acids is 2. The summed E-state index contributed by atoms with van der Waals surface area (Å²) in [5, 5.41) is 21.8. The number of piperidine rings is 1. The molecule has 11 nitrogen and oxygen atoms in total. The number of fused-ring (bicyclic) bond motifs is 3. The van der Waals surface area contributed by atoms with Crippen molar-refractivity contribution in [2.24, 2.45) is 0 Å². The maximum Gasteiger partial charge on any atom is 0.255 e. The van der Waals surface area contributed by atoms with E-state index in [0.29, 0.717) is 62.3 Å². The average molecular weight is 622 g/mol. The van der Waals surface area contributed by atoms with E-state index in [1.807, 2.05) is 17.9 Å². The predicted octanol–water partition coefficient (Wildman–Crippen LogP) is 2.21. The zero-order valence-electron chi connectivity index (χ0n) is 26.7. The first-order valence-corrected chi connectivity index (χ1v) is 16.4. The second-order valence-corrected chi connectivity index (χ2v) is 12.7. The summed E-state index contributed by atoms with van der Waals surface area (Å²) in [7, 11) is 4.19. The average Bonchev–Trinajstić information content (AvgIpc) is 3.37. The second kappa shape index (κ2) is 14.0. The molecule has 0 saturated carbocycles. The van der Waals surface area contributed by atoms with Gasteiger partial charge < -0.3 is 34.9 Å². The van der Waals surface area contributed by atoms with Gasteiger partial charge in [0.25, 0.3) is 11.8 Å². The summed E-state index contributed by atoms with van der Waals surface area (Å²) in [6.07, 6.45) is 3.93. The number of nitrogens with one attached hydrogen (secondary N) is 2. The molecule has 4 aliphatic rings. The minimum Gasteiger partial charge on any atom is -0.493 e. The summed E-state index contributed by atoms with van der Waals surface area (Å²) < 4.78 is 17.6. The van der Waals surface area contributed by atoms with Crippen LogP contribution in [0.5, 0.6) is 11.5 Å². The van der Waals surface area contributed by atoms with E-state index in [0.717, 1.165) is 49.1 Å². The third-order valence-electron chi connectivity index (χ3n) is 9.89. The maximum absolute atomic E-state index is 13.5.